The first-order valence-electron chi connectivity index (χ1n) is 6.39. The zero-order chi connectivity index (χ0) is 13.7. The molecule has 1 aromatic carbocycles. The zero-order valence-electron chi connectivity index (χ0n) is 11.0. The smallest absolute Gasteiger partial charge is 0.141 e. The Bertz CT molecular complexity index is 525. The third-order valence-corrected chi connectivity index (χ3v) is 2.89. The Morgan fingerprint density at radius 3 is 2.58 bits per heavy atom. The van der Waals surface area contributed by atoms with Crippen LogP contribution in [-0.2, 0) is 6.54 Å². The number of pyridine rings is 1. The molecule has 4 heteroatoms. The predicted octanol–water partition coefficient (Wildman–Crippen LogP) is 3.22. The number of benzene rings is 1. The minimum Gasteiger partial charge on any atom is -0.399 e. The minimum absolute atomic E-state index is 0.300. The first-order valence-corrected chi connectivity index (χ1v) is 6.39. The lowest BCUT2D eigenvalue weighted by atomic mass is 10.2. The van der Waals surface area contributed by atoms with Gasteiger partial charge in [-0.15, -0.1) is 0 Å². The van der Waals surface area contributed by atoms with Crippen LogP contribution in [0, 0.1) is 5.82 Å². The van der Waals surface area contributed by atoms with Crippen molar-refractivity contribution in [2.24, 2.45) is 0 Å². The van der Waals surface area contributed by atoms with E-state index in [9.17, 15) is 4.39 Å². The number of aromatic nitrogens is 1. The van der Waals surface area contributed by atoms with Crippen molar-refractivity contribution in [1.82, 2.24) is 4.98 Å². The number of rotatable bonds is 5. The van der Waals surface area contributed by atoms with Gasteiger partial charge in [-0.2, -0.15) is 0 Å². The van der Waals surface area contributed by atoms with E-state index in [2.05, 4.69) is 16.8 Å². The fourth-order valence-electron chi connectivity index (χ4n) is 2.02. The third-order valence-electron chi connectivity index (χ3n) is 2.89. The summed E-state index contributed by atoms with van der Waals surface area (Å²) >= 11 is 0. The standard InChI is InChI=1S/C15H18FN3/c1-2-7-19(15-5-3-14(17)4-6-15)11-12-8-13(16)10-18-9-12/h3-6,8-10H,2,7,11,17H2,1H3. The highest BCUT2D eigenvalue weighted by atomic mass is 19.1. The zero-order valence-corrected chi connectivity index (χ0v) is 11.0. The molecule has 2 N–H and O–H groups in total. The molecule has 2 rings (SSSR count). The molecule has 0 amide bonds. The molecule has 1 heterocycles. The topological polar surface area (TPSA) is 42.2 Å². The Kier molecular flexibility index (Phi) is 4.34. The number of hydrogen-bond donors (Lipinski definition) is 1. The highest BCUT2D eigenvalue weighted by molar-refractivity contribution is 5.53. The van der Waals surface area contributed by atoms with E-state index in [4.69, 9.17) is 5.73 Å². The summed E-state index contributed by atoms with van der Waals surface area (Å²) in [5.74, 6) is -0.300. The summed E-state index contributed by atoms with van der Waals surface area (Å²) < 4.78 is 13.2. The second kappa shape index (κ2) is 6.18. The van der Waals surface area contributed by atoms with Gasteiger partial charge in [0.15, 0.2) is 0 Å². The number of nitrogen functional groups attached to an aromatic ring is 1. The van der Waals surface area contributed by atoms with Crippen LogP contribution in [0.1, 0.15) is 18.9 Å². The van der Waals surface area contributed by atoms with Crippen LogP contribution in [0.5, 0.6) is 0 Å². The van der Waals surface area contributed by atoms with Crippen LogP contribution in [0.4, 0.5) is 15.8 Å². The quantitative estimate of drug-likeness (QED) is 0.838. The average Bonchev–Trinajstić information content (AvgIpc) is 2.39. The lowest BCUT2D eigenvalue weighted by Gasteiger charge is -2.24. The van der Waals surface area contributed by atoms with E-state index < -0.39 is 0 Å². The molecule has 0 aliphatic carbocycles. The van der Waals surface area contributed by atoms with Crippen molar-refractivity contribution >= 4 is 11.4 Å². The SMILES string of the molecule is CCCN(Cc1cncc(F)c1)c1ccc(N)cc1. The van der Waals surface area contributed by atoms with Crippen LogP contribution < -0.4 is 10.6 Å². The van der Waals surface area contributed by atoms with Gasteiger partial charge in [-0.1, -0.05) is 6.92 Å². The molecular formula is C15H18FN3. The molecule has 19 heavy (non-hydrogen) atoms. The largest absolute Gasteiger partial charge is 0.399 e. The molecular weight excluding hydrogens is 241 g/mol. The Hall–Kier alpha value is -2.10. The normalized spacial score (nSPS) is 10.4. The van der Waals surface area contributed by atoms with E-state index in [1.807, 2.05) is 24.3 Å². The van der Waals surface area contributed by atoms with Gasteiger partial charge in [0.05, 0.1) is 6.20 Å². The van der Waals surface area contributed by atoms with Crippen LogP contribution in [0.15, 0.2) is 42.7 Å². The maximum absolute atomic E-state index is 13.2. The second-order valence-electron chi connectivity index (χ2n) is 4.52. The highest BCUT2D eigenvalue weighted by Crippen LogP contribution is 2.19. The van der Waals surface area contributed by atoms with Crippen molar-refractivity contribution in [3.05, 3.63) is 54.1 Å². The average molecular weight is 259 g/mol. The lowest BCUT2D eigenvalue weighted by molar-refractivity contribution is 0.617. The van der Waals surface area contributed by atoms with Gasteiger partial charge < -0.3 is 10.6 Å². The predicted molar refractivity (Wildman–Crippen MR) is 76.4 cm³/mol. The molecule has 0 atom stereocenters. The first-order chi connectivity index (χ1) is 9.19. The number of anilines is 2. The Labute approximate surface area is 112 Å². The molecule has 3 nitrogen and oxygen atoms in total. The van der Waals surface area contributed by atoms with Crippen molar-refractivity contribution in [2.75, 3.05) is 17.2 Å². The maximum atomic E-state index is 13.2. The summed E-state index contributed by atoms with van der Waals surface area (Å²) in [7, 11) is 0. The van der Waals surface area contributed by atoms with E-state index >= 15 is 0 Å². The summed E-state index contributed by atoms with van der Waals surface area (Å²) in [6.45, 7) is 3.66. The van der Waals surface area contributed by atoms with Crippen LogP contribution in [0.3, 0.4) is 0 Å². The molecule has 0 bridgehead atoms. The molecule has 0 saturated carbocycles. The summed E-state index contributed by atoms with van der Waals surface area (Å²) in [6.07, 6.45) is 3.94. The number of halogens is 1. The van der Waals surface area contributed by atoms with Crippen molar-refractivity contribution in [1.29, 1.82) is 0 Å². The van der Waals surface area contributed by atoms with Gasteiger partial charge in [0.2, 0.25) is 0 Å². The molecule has 2 aromatic rings. The molecule has 1 aromatic heterocycles. The van der Waals surface area contributed by atoms with Gasteiger partial charge in [0, 0.05) is 30.7 Å². The second-order valence-corrected chi connectivity index (χ2v) is 4.52. The van der Waals surface area contributed by atoms with Crippen molar-refractivity contribution in [3.8, 4) is 0 Å². The van der Waals surface area contributed by atoms with Crippen LogP contribution >= 0.6 is 0 Å². The van der Waals surface area contributed by atoms with Gasteiger partial charge in [0.1, 0.15) is 5.82 Å². The number of hydrogen-bond acceptors (Lipinski definition) is 3. The van der Waals surface area contributed by atoms with E-state index in [-0.39, 0.29) is 5.82 Å². The van der Waals surface area contributed by atoms with E-state index in [0.29, 0.717) is 6.54 Å². The molecule has 0 saturated heterocycles. The molecule has 0 aliphatic rings. The van der Waals surface area contributed by atoms with Crippen molar-refractivity contribution < 1.29 is 4.39 Å². The monoisotopic (exact) mass is 259 g/mol. The van der Waals surface area contributed by atoms with Gasteiger partial charge in [-0.3, -0.25) is 4.98 Å². The van der Waals surface area contributed by atoms with E-state index in [0.717, 1.165) is 29.9 Å². The number of nitrogens with two attached hydrogens (primary N) is 1. The Morgan fingerprint density at radius 1 is 1.21 bits per heavy atom. The molecule has 0 fully saturated rings. The van der Waals surface area contributed by atoms with Gasteiger partial charge >= 0.3 is 0 Å². The summed E-state index contributed by atoms with van der Waals surface area (Å²) in [5, 5.41) is 0. The Balaban J connectivity index is 2.18. The summed E-state index contributed by atoms with van der Waals surface area (Å²) in [5.41, 5.74) is 8.39. The number of nitrogens with zero attached hydrogens (tertiary/aromatic N) is 2. The third kappa shape index (κ3) is 3.68. The summed E-state index contributed by atoms with van der Waals surface area (Å²) in [4.78, 5) is 6.07. The summed E-state index contributed by atoms with van der Waals surface area (Å²) in [6, 6.07) is 9.24. The van der Waals surface area contributed by atoms with Gasteiger partial charge in [-0.25, -0.2) is 4.39 Å². The van der Waals surface area contributed by atoms with Gasteiger partial charge in [-0.05, 0) is 42.3 Å². The fraction of sp³-hybridized carbons (Fsp3) is 0.267. The minimum atomic E-state index is -0.300. The van der Waals surface area contributed by atoms with Crippen LogP contribution in [-0.4, -0.2) is 11.5 Å². The van der Waals surface area contributed by atoms with Crippen molar-refractivity contribution in [3.63, 3.8) is 0 Å². The van der Waals surface area contributed by atoms with E-state index in [1.54, 1.807) is 6.20 Å². The van der Waals surface area contributed by atoms with Crippen LogP contribution in [0.2, 0.25) is 0 Å². The lowest BCUT2D eigenvalue weighted by Crippen LogP contribution is -2.23. The molecule has 100 valence electrons. The Morgan fingerprint density at radius 2 is 1.95 bits per heavy atom. The highest BCUT2D eigenvalue weighted by Gasteiger charge is 2.07. The molecule has 0 radical (unpaired) electrons. The first kappa shape index (κ1) is 13.3. The molecule has 0 unspecified atom stereocenters. The van der Waals surface area contributed by atoms with Crippen molar-refractivity contribution in [2.45, 2.75) is 19.9 Å². The molecule has 0 aliphatic heterocycles. The van der Waals surface area contributed by atoms with Crippen LogP contribution in [0.25, 0.3) is 0 Å². The van der Waals surface area contributed by atoms with Gasteiger partial charge in [0.25, 0.3) is 0 Å². The molecule has 0 spiro atoms. The maximum Gasteiger partial charge on any atom is 0.141 e. The fourth-order valence-corrected chi connectivity index (χ4v) is 2.02. The van der Waals surface area contributed by atoms with E-state index in [1.165, 1.54) is 12.3 Å².